The van der Waals surface area contributed by atoms with Gasteiger partial charge in [-0.15, -0.1) is 0 Å². The average Bonchev–Trinajstić information content (AvgIpc) is 3.57. The summed E-state index contributed by atoms with van der Waals surface area (Å²) in [7, 11) is 0. The van der Waals surface area contributed by atoms with E-state index in [1.54, 1.807) is 6.07 Å². The molecule has 0 saturated heterocycles. The molecule has 3 aliphatic carbocycles. The van der Waals surface area contributed by atoms with Gasteiger partial charge in [-0.2, -0.15) is 0 Å². The predicted molar refractivity (Wildman–Crippen MR) is 156 cm³/mol. The first kappa shape index (κ1) is 26.3. The van der Waals surface area contributed by atoms with E-state index in [2.05, 4.69) is 12.2 Å². The van der Waals surface area contributed by atoms with Crippen LogP contribution in [0.2, 0.25) is 10.0 Å². The van der Waals surface area contributed by atoms with Crippen LogP contribution in [0, 0.1) is 17.8 Å². The Hall–Kier alpha value is -2.89. The first-order valence-electron chi connectivity index (χ1n) is 13.9. The Morgan fingerprint density at radius 2 is 1.95 bits per heavy atom. The monoisotopic (exact) mass is 562 g/mol. The Morgan fingerprint density at radius 3 is 2.74 bits per heavy atom. The molecule has 4 atom stereocenters. The fraction of sp³-hybridized carbons (Fsp3) is 0.406. The number of nitrogens with zero attached hydrogens (tertiary/aromatic N) is 1. The molecule has 1 aromatic heterocycles. The highest BCUT2D eigenvalue weighted by atomic mass is 35.5. The van der Waals surface area contributed by atoms with E-state index in [9.17, 15) is 9.59 Å². The van der Waals surface area contributed by atoms with Crippen LogP contribution in [0.1, 0.15) is 72.6 Å². The molecule has 1 N–H and O–H groups in total. The predicted octanol–water partition coefficient (Wildman–Crippen LogP) is 7.52. The van der Waals surface area contributed by atoms with Crippen molar-refractivity contribution in [2.45, 2.75) is 57.9 Å². The molecule has 1 heterocycles. The zero-order chi connectivity index (χ0) is 27.1. The number of pyridine rings is 1. The van der Waals surface area contributed by atoms with Gasteiger partial charge in [-0.1, -0.05) is 60.0 Å². The van der Waals surface area contributed by atoms with Crippen LogP contribution in [-0.2, 0) is 16.0 Å². The molecule has 4 unspecified atom stereocenters. The SMILES string of the molecule is CC(NC(=O)COC(=O)c1c2c(nc3ccccc13)/C(=C/c1cccc(Cl)c1Cl)CCC2)C1CC2CCC1C2. The second kappa shape index (κ2) is 10.9. The lowest BCUT2D eigenvalue weighted by molar-refractivity contribution is -0.125. The van der Waals surface area contributed by atoms with E-state index >= 15 is 0 Å². The number of aromatic nitrogens is 1. The molecule has 0 radical (unpaired) electrons. The number of halogens is 2. The van der Waals surface area contributed by atoms with E-state index < -0.39 is 5.97 Å². The van der Waals surface area contributed by atoms with Crippen molar-refractivity contribution in [3.05, 3.63) is 74.9 Å². The number of ether oxygens (including phenoxy) is 1. The highest BCUT2D eigenvalue weighted by Gasteiger charge is 2.42. The maximum Gasteiger partial charge on any atom is 0.339 e. The smallest absolute Gasteiger partial charge is 0.339 e. The number of carbonyl (C=O) groups is 2. The average molecular weight is 564 g/mol. The number of para-hydroxylation sites is 1. The number of fused-ring (bicyclic) bond motifs is 4. The van der Waals surface area contributed by atoms with E-state index in [0.29, 0.717) is 39.4 Å². The maximum absolute atomic E-state index is 13.6. The van der Waals surface area contributed by atoms with Gasteiger partial charge in [0.2, 0.25) is 0 Å². The highest BCUT2D eigenvalue weighted by molar-refractivity contribution is 6.43. The second-order valence-corrected chi connectivity index (χ2v) is 12.1. The van der Waals surface area contributed by atoms with Crippen molar-refractivity contribution < 1.29 is 14.3 Å². The van der Waals surface area contributed by atoms with Crippen LogP contribution in [0.5, 0.6) is 0 Å². The van der Waals surface area contributed by atoms with Crippen LogP contribution in [0.3, 0.4) is 0 Å². The van der Waals surface area contributed by atoms with Crippen LogP contribution in [0.4, 0.5) is 0 Å². The third-order valence-electron chi connectivity index (χ3n) is 8.84. The summed E-state index contributed by atoms with van der Waals surface area (Å²) >= 11 is 12.7. The third kappa shape index (κ3) is 5.19. The summed E-state index contributed by atoms with van der Waals surface area (Å²) in [5.74, 6) is 1.32. The van der Waals surface area contributed by atoms with Crippen LogP contribution in [0.15, 0.2) is 42.5 Å². The molecule has 2 aromatic carbocycles. The topological polar surface area (TPSA) is 68.3 Å². The van der Waals surface area contributed by atoms with Crippen molar-refractivity contribution in [2.75, 3.05) is 6.61 Å². The van der Waals surface area contributed by atoms with E-state index in [1.807, 2.05) is 42.5 Å². The van der Waals surface area contributed by atoms with E-state index in [0.717, 1.165) is 46.5 Å². The third-order valence-corrected chi connectivity index (χ3v) is 9.68. The molecule has 7 heteroatoms. The Morgan fingerprint density at radius 1 is 1.10 bits per heavy atom. The maximum atomic E-state index is 13.6. The number of carbonyl (C=O) groups excluding carboxylic acids is 2. The number of hydrogen-bond donors (Lipinski definition) is 1. The van der Waals surface area contributed by atoms with Crippen molar-refractivity contribution in [1.82, 2.24) is 10.3 Å². The number of amides is 1. The number of nitrogens with one attached hydrogen (secondary N) is 1. The lowest BCUT2D eigenvalue weighted by Gasteiger charge is -2.28. The molecule has 1 amide bonds. The van der Waals surface area contributed by atoms with Gasteiger partial charge in [-0.3, -0.25) is 4.79 Å². The standard InChI is InChI=1S/C32H32Cl2N2O3/c1-18(25-15-19-12-13-20(25)14-19)35-28(37)17-39-32(38)29-23-8-2-3-11-27(23)36-31-22(7-4-9-24(29)31)16-21-6-5-10-26(33)30(21)34/h2-3,5-6,8,10-11,16,18-20,25H,4,7,9,12-15,17H2,1H3,(H,35,37)/b22-16+. The van der Waals surface area contributed by atoms with E-state index in [1.165, 1.54) is 25.7 Å². The lowest BCUT2D eigenvalue weighted by atomic mass is 9.84. The molecule has 2 fully saturated rings. The fourth-order valence-corrected chi connectivity index (χ4v) is 7.40. The summed E-state index contributed by atoms with van der Waals surface area (Å²) < 4.78 is 5.64. The van der Waals surface area contributed by atoms with Crippen molar-refractivity contribution in [3.63, 3.8) is 0 Å². The molecule has 2 saturated carbocycles. The molecule has 3 aliphatic rings. The highest BCUT2D eigenvalue weighted by Crippen LogP contribution is 2.49. The minimum Gasteiger partial charge on any atom is -0.452 e. The van der Waals surface area contributed by atoms with Crippen molar-refractivity contribution in [2.24, 2.45) is 17.8 Å². The molecule has 39 heavy (non-hydrogen) atoms. The van der Waals surface area contributed by atoms with Crippen molar-refractivity contribution in [3.8, 4) is 0 Å². The quantitative estimate of drug-likeness (QED) is 0.315. The van der Waals surface area contributed by atoms with Crippen molar-refractivity contribution >= 4 is 57.6 Å². The zero-order valence-corrected chi connectivity index (χ0v) is 23.5. The van der Waals surface area contributed by atoms with Crippen LogP contribution in [-0.4, -0.2) is 29.5 Å². The van der Waals surface area contributed by atoms with Gasteiger partial charge < -0.3 is 10.1 Å². The molecular weight excluding hydrogens is 531 g/mol. The van der Waals surface area contributed by atoms with E-state index in [4.69, 9.17) is 32.9 Å². The van der Waals surface area contributed by atoms with Crippen LogP contribution < -0.4 is 5.32 Å². The molecule has 3 aromatic rings. The zero-order valence-electron chi connectivity index (χ0n) is 22.0. The Balaban J connectivity index is 1.26. The minimum atomic E-state index is -0.491. The van der Waals surface area contributed by atoms with Gasteiger partial charge in [0, 0.05) is 11.4 Å². The van der Waals surface area contributed by atoms with Gasteiger partial charge >= 0.3 is 5.97 Å². The molecule has 202 valence electrons. The number of allylic oxidation sites excluding steroid dienone is 1. The molecule has 2 bridgehead atoms. The molecule has 0 spiro atoms. The molecular formula is C32H32Cl2N2O3. The molecule has 5 nitrogen and oxygen atoms in total. The van der Waals surface area contributed by atoms with Gasteiger partial charge in [0.1, 0.15) is 0 Å². The Bertz CT molecular complexity index is 1480. The summed E-state index contributed by atoms with van der Waals surface area (Å²) in [4.78, 5) is 31.3. The first-order valence-corrected chi connectivity index (χ1v) is 14.7. The Kier molecular flexibility index (Phi) is 7.39. The minimum absolute atomic E-state index is 0.0898. The van der Waals surface area contributed by atoms with Crippen LogP contribution >= 0.6 is 23.2 Å². The van der Waals surface area contributed by atoms with Gasteiger partial charge in [-0.25, -0.2) is 9.78 Å². The summed E-state index contributed by atoms with van der Waals surface area (Å²) in [5, 5.41) is 4.81. The van der Waals surface area contributed by atoms with Gasteiger partial charge in [0.25, 0.3) is 5.91 Å². The largest absolute Gasteiger partial charge is 0.452 e. The fourth-order valence-electron chi connectivity index (χ4n) is 7.04. The number of benzene rings is 2. The van der Waals surface area contributed by atoms with Gasteiger partial charge in [0.05, 0.1) is 26.8 Å². The Labute approximate surface area is 238 Å². The van der Waals surface area contributed by atoms with Gasteiger partial charge in [-0.05, 0) is 98.1 Å². The first-order chi connectivity index (χ1) is 18.9. The molecule has 6 rings (SSSR count). The summed E-state index contributed by atoms with van der Waals surface area (Å²) in [6, 6.07) is 13.2. The lowest BCUT2D eigenvalue weighted by Crippen LogP contribution is -2.42. The molecule has 0 aliphatic heterocycles. The van der Waals surface area contributed by atoms with Crippen molar-refractivity contribution in [1.29, 1.82) is 0 Å². The summed E-state index contributed by atoms with van der Waals surface area (Å²) in [6.07, 6.45) is 9.45. The summed E-state index contributed by atoms with van der Waals surface area (Å²) in [5.41, 5.74) is 4.64. The second-order valence-electron chi connectivity index (χ2n) is 11.3. The van der Waals surface area contributed by atoms with Crippen LogP contribution in [0.25, 0.3) is 22.6 Å². The summed E-state index contributed by atoms with van der Waals surface area (Å²) in [6.45, 7) is 1.79. The normalized spacial score (nSPS) is 23.6. The number of rotatable bonds is 6. The van der Waals surface area contributed by atoms with E-state index in [-0.39, 0.29) is 18.6 Å². The number of hydrogen-bond acceptors (Lipinski definition) is 4. The van der Waals surface area contributed by atoms with Gasteiger partial charge in [0.15, 0.2) is 6.61 Å². The number of esters is 1.